The van der Waals surface area contributed by atoms with Crippen LogP contribution in [-0.2, 0) is 19.7 Å². The van der Waals surface area contributed by atoms with E-state index in [9.17, 15) is 15.0 Å². The normalized spacial score (nSPS) is 23.9. The first-order valence-corrected chi connectivity index (χ1v) is 16.3. The summed E-state index contributed by atoms with van der Waals surface area (Å²) in [4.78, 5) is 27.7. The van der Waals surface area contributed by atoms with Crippen molar-refractivity contribution in [3.05, 3.63) is 43.0 Å². The van der Waals surface area contributed by atoms with E-state index >= 15 is 0 Å². The minimum absolute atomic E-state index is 0.248. The Morgan fingerprint density at radius 1 is 1.12 bits per heavy atom. The summed E-state index contributed by atoms with van der Waals surface area (Å²) in [6, 6.07) is 8.95. The van der Waals surface area contributed by atoms with Crippen molar-refractivity contribution in [3.8, 4) is 5.75 Å². The van der Waals surface area contributed by atoms with Crippen LogP contribution in [-0.4, -0.2) is 80.9 Å². The summed E-state index contributed by atoms with van der Waals surface area (Å²) in [5.74, 6) is 0.469. The number of anilines is 1. The second-order valence-corrected chi connectivity index (χ2v) is 17.5. The second kappa shape index (κ2) is 10.8. The number of ketones is 1. The summed E-state index contributed by atoms with van der Waals surface area (Å²) in [6.45, 7) is 15.3. The lowest BCUT2D eigenvalue weighted by atomic mass is 9.98. The summed E-state index contributed by atoms with van der Waals surface area (Å²) in [6.07, 6.45) is -0.759. The minimum atomic E-state index is -2.59. The zero-order chi connectivity index (χ0) is 29.5. The van der Waals surface area contributed by atoms with Gasteiger partial charge in [-0.05, 0) is 51.0 Å². The number of rotatable bonds is 9. The molecule has 0 spiro atoms. The molecular weight excluding hydrogens is 530 g/mol. The van der Waals surface area contributed by atoms with Crippen molar-refractivity contribution in [3.63, 3.8) is 0 Å². The van der Waals surface area contributed by atoms with Gasteiger partial charge >= 0.3 is 0 Å². The molecule has 4 atom stereocenters. The Morgan fingerprint density at radius 3 is 2.40 bits per heavy atom. The van der Waals surface area contributed by atoms with Crippen LogP contribution in [0.15, 0.2) is 43.0 Å². The summed E-state index contributed by atoms with van der Waals surface area (Å²) >= 11 is 0. The summed E-state index contributed by atoms with van der Waals surface area (Å²) in [5.41, 5.74) is -1.52. The van der Waals surface area contributed by atoms with Gasteiger partial charge < -0.3 is 29.4 Å². The lowest BCUT2D eigenvalue weighted by Crippen LogP contribution is -2.58. The van der Waals surface area contributed by atoms with Gasteiger partial charge in [-0.15, -0.1) is 0 Å². The van der Waals surface area contributed by atoms with Crippen LogP contribution >= 0.6 is 0 Å². The van der Waals surface area contributed by atoms with E-state index in [2.05, 4.69) is 41.0 Å². The first kappa shape index (κ1) is 30.1. The molecule has 218 valence electrons. The molecule has 3 N–H and O–H groups in total. The molecule has 12 heteroatoms. The molecule has 0 amide bonds. The second-order valence-electron chi connectivity index (χ2n) is 12.7. The summed E-state index contributed by atoms with van der Waals surface area (Å²) in [5, 5.41) is 24.7. The molecule has 1 saturated heterocycles. The lowest BCUT2D eigenvalue weighted by molar-refractivity contribution is -0.174. The molecular formula is C28H41N5O6Si. The number of carbonyl (C=O) groups excluding carboxylic acids is 1. The molecule has 0 bridgehead atoms. The standard InChI is InChI=1S/C28H41N5O6Si/c1-26(2,3)32-24-21-25(30-16-29-24)33(17-31-21)28(20(35)15-37-18-12-10-9-11-13-18)23(22(36)19(14-34)38-28)39-40(7,8)27(4,5)6/h9-13,16-17,19,22-23,34,36H,14-15H2,1-8H3,(H,29,30,32)/t19-,22-,23-,28-/m1/s1. The van der Waals surface area contributed by atoms with Gasteiger partial charge in [0.25, 0.3) is 0 Å². The minimum Gasteiger partial charge on any atom is -0.486 e. The zero-order valence-electron chi connectivity index (χ0n) is 24.5. The van der Waals surface area contributed by atoms with E-state index in [4.69, 9.17) is 13.9 Å². The molecule has 1 aliphatic rings. The SMILES string of the molecule is CC(C)(C)Nc1ncnc2c1ncn2[C@]1(C(=O)COc2ccccc2)O[C@H](CO)[C@@H](O)[C@H]1O[Si](C)(C)C(C)(C)C. The number of aliphatic hydroxyl groups is 2. The highest BCUT2D eigenvalue weighted by Crippen LogP contribution is 2.46. The largest absolute Gasteiger partial charge is 0.486 e. The Bertz CT molecular complexity index is 1340. The molecule has 3 aromatic rings. The van der Waals surface area contributed by atoms with Crippen LogP contribution in [0.25, 0.3) is 11.2 Å². The van der Waals surface area contributed by atoms with Gasteiger partial charge in [0.2, 0.25) is 11.5 Å². The molecule has 11 nitrogen and oxygen atoms in total. The smallest absolute Gasteiger partial charge is 0.239 e. The van der Waals surface area contributed by atoms with Crippen LogP contribution in [0.1, 0.15) is 41.5 Å². The number of nitrogens with zero attached hydrogens (tertiary/aromatic N) is 4. The van der Waals surface area contributed by atoms with E-state index < -0.39 is 44.7 Å². The van der Waals surface area contributed by atoms with E-state index in [0.29, 0.717) is 22.7 Å². The van der Waals surface area contributed by atoms with Gasteiger partial charge in [0.15, 0.2) is 31.9 Å². The number of fused-ring (bicyclic) bond motifs is 1. The number of carbonyl (C=O) groups is 1. The summed E-state index contributed by atoms with van der Waals surface area (Å²) < 4.78 is 20.4. The Morgan fingerprint density at radius 2 is 1.80 bits per heavy atom. The number of ether oxygens (including phenoxy) is 2. The number of aliphatic hydroxyl groups excluding tert-OH is 2. The van der Waals surface area contributed by atoms with Gasteiger partial charge in [-0.2, -0.15) is 0 Å². The quantitative estimate of drug-likeness (QED) is 0.327. The predicted molar refractivity (Wildman–Crippen MR) is 154 cm³/mol. The first-order valence-electron chi connectivity index (χ1n) is 13.4. The van der Waals surface area contributed by atoms with Crippen LogP contribution in [0, 0.1) is 0 Å². The molecule has 3 heterocycles. The number of aromatic nitrogens is 4. The number of hydrogen-bond donors (Lipinski definition) is 3. The average Bonchev–Trinajstić information content (AvgIpc) is 3.42. The van der Waals surface area contributed by atoms with Crippen molar-refractivity contribution in [1.82, 2.24) is 19.5 Å². The molecule has 0 saturated carbocycles. The fraction of sp³-hybridized carbons (Fsp3) is 0.571. The van der Waals surface area contributed by atoms with Crippen LogP contribution in [0.3, 0.4) is 0 Å². The molecule has 0 aliphatic carbocycles. The van der Waals surface area contributed by atoms with Gasteiger partial charge in [0.05, 0.1) is 6.61 Å². The molecule has 1 fully saturated rings. The number of para-hydroxylation sites is 1. The molecule has 1 aliphatic heterocycles. The van der Waals surface area contributed by atoms with Crippen LogP contribution < -0.4 is 10.1 Å². The van der Waals surface area contributed by atoms with Gasteiger partial charge in [-0.1, -0.05) is 39.0 Å². The van der Waals surface area contributed by atoms with Crippen LogP contribution in [0.5, 0.6) is 5.75 Å². The number of hydrogen-bond acceptors (Lipinski definition) is 10. The van der Waals surface area contributed by atoms with E-state index in [-0.39, 0.29) is 17.2 Å². The van der Waals surface area contributed by atoms with Crippen molar-refractivity contribution >= 4 is 31.1 Å². The van der Waals surface area contributed by atoms with E-state index in [0.717, 1.165) is 0 Å². The van der Waals surface area contributed by atoms with Crippen molar-refractivity contribution < 1.29 is 28.9 Å². The highest BCUT2D eigenvalue weighted by atomic mass is 28.4. The highest BCUT2D eigenvalue weighted by Gasteiger charge is 2.63. The van der Waals surface area contributed by atoms with E-state index in [1.807, 2.05) is 39.9 Å². The van der Waals surface area contributed by atoms with Crippen LogP contribution in [0.4, 0.5) is 5.82 Å². The van der Waals surface area contributed by atoms with Crippen molar-refractivity contribution in [2.75, 3.05) is 18.5 Å². The van der Waals surface area contributed by atoms with Crippen molar-refractivity contribution in [2.45, 2.75) is 89.3 Å². The Labute approximate surface area is 236 Å². The average molecular weight is 572 g/mol. The van der Waals surface area contributed by atoms with Gasteiger partial charge in [0.1, 0.15) is 36.7 Å². The molecule has 1 aromatic carbocycles. The van der Waals surface area contributed by atoms with E-state index in [1.165, 1.54) is 17.2 Å². The van der Waals surface area contributed by atoms with Gasteiger partial charge in [-0.3, -0.25) is 9.36 Å². The number of benzene rings is 1. The molecule has 40 heavy (non-hydrogen) atoms. The predicted octanol–water partition coefficient (Wildman–Crippen LogP) is 3.48. The molecule has 0 radical (unpaired) electrons. The third kappa shape index (κ3) is 5.63. The fourth-order valence-corrected chi connectivity index (χ4v) is 5.72. The van der Waals surface area contributed by atoms with Gasteiger partial charge in [-0.25, -0.2) is 15.0 Å². The number of nitrogens with one attached hydrogen (secondary N) is 1. The molecule has 4 rings (SSSR count). The Balaban J connectivity index is 1.90. The summed E-state index contributed by atoms with van der Waals surface area (Å²) in [7, 11) is -2.59. The number of imidazole rings is 1. The van der Waals surface area contributed by atoms with Crippen molar-refractivity contribution in [2.24, 2.45) is 0 Å². The van der Waals surface area contributed by atoms with Crippen molar-refractivity contribution in [1.29, 1.82) is 0 Å². The zero-order valence-corrected chi connectivity index (χ0v) is 25.5. The van der Waals surface area contributed by atoms with Gasteiger partial charge in [0, 0.05) is 5.54 Å². The fourth-order valence-electron chi connectivity index (χ4n) is 4.43. The monoisotopic (exact) mass is 571 g/mol. The molecule has 2 aromatic heterocycles. The Hall–Kier alpha value is -2.90. The highest BCUT2D eigenvalue weighted by molar-refractivity contribution is 6.74. The number of Topliss-reactive ketones (excluding diaryl/α,β-unsaturated/α-hetero) is 1. The third-order valence-electron chi connectivity index (χ3n) is 7.51. The topological polar surface area (TPSA) is 141 Å². The molecule has 0 unspecified atom stereocenters. The maximum Gasteiger partial charge on any atom is 0.239 e. The Kier molecular flexibility index (Phi) is 8.13. The maximum absolute atomic E-state index is 14.3. The van der Waals surface area contributed by atoms with Crippen LogP contribution in [0.2, 0.25) is 18.1 Å². The maximum atomic E-state index is 14.3. The van der Waals surface area contributed by atoms with E-state index in [1.54, 1.807) is 24.3 Å². The third-order valence-corrected chi connectivity index (χ3v) is 12.0. The first-order chi connectivity index (χ1) is 18.6. The lowest BCUT2D eigenvalue weighted by Gasteiger charge is -2.43.